The summed E-state index contributed by atoms with van der Waals surface area (Å²) < 4.78 is 0. The van der Waals surface area contributed by atoms with E-state index in [9.17, 15) is 0 Å². The Labute approximate surface area is 83.5 Å². The predicted molar refractivity (Wildman–Crippen MR) is 54.6 cm³/mol. The van der Waals surface area contributed by atoms with Crippen molar-refractivity contribution in [3.63, 3.8) is 0 Å². The van der Waals surface area contributed by atoms with Crippen LogP contribution in [-0.4, -0.2) is 30.0 Å². The highest BCUT2D eigenvalue weighted by molar-refractivity contribution is 6.30. The van der Waals surface area contributed by atoms with E-state index in [0.717, 1.165) is 18.8 Å². The zero-order valence-corrected chi connectivity index (χ0v) is 8.46. The normalized spacial score (nSPS) is 10.8. The summed E-state index contributed by atoms with van der Waals surface area (Å²) in [5, 5.41) is 0.672. The quantitative estimate of drug-likeness (QED) is 0.791. The van der Waals surface area contributed by atoms with Gasteiger partial charge in [-0.25, -0.2) is 0 Å². The minimum Gasteiger partial charge on any atom is -0.329 e. The van der Waals surface area contributed by atoms with Crippen LogP contribution in [0.25, 0.3) is 0 Å². The van der Waals surface area contributed by atoms with E-state index in [-0.39, 0.29) is 0 Å². The molecule has 0 aliphatic heterocycles. The third-order valence-corrected chi connectivity index (χ3v) is 1.95. The van der Waals surface area contributed by atoms with E-state index < -0.39 is 0 Å². The third-order valence-electron chi connectivity index (χ3n) is 1.73. The van der Waals surface area contributed by atoms with Gasteiger partial charge in [-0.2, -0.15) is 0 Å². The number of rotatable bonds is 4. The average Bonchev–Trinajstić information content (AvgIpc) is 2.09. The van der Waals surface area contributed by atoms with E-state index in [0.29, 0.717) is 11.6 Å². The second-order valence-corrected chi connectivity index (χ2v) is 3.43. The first-order chi connectivity index (χ1) is 6.22. The lowest BCUT2D eigenvalue weighted by Crippen LogP contribution is -2.25. The first-order valence-corrected chi connectivity index (χ1v) is 4.59. The van der Waals surface area contributed by atoms with E-state index in [2.05, 4.69) is 9.88 Å². The van der Waals surface area contributed by atoms with E-state index >= 15 is 0 Å². The fourth-order valence-corrected chi connectivity index (χ4v) is 1.19. The Morgan fingerprint density at radius 3 is 2.85 bits per heavy atom. The van der Waals surface area contributed by atoms with Crippen molar-refractivity contribution in [1.29, 1.82) is 0 Å². The molecular weight excluding hydrogens is 186 g/mol. The summed E-state index contributed by atoms with van der Waals surface area (Å²) >= 11 is 5.71. The highest BCUT2D eigenvalue weighted by atomic mass is 35.5. The van der Waals surface area contributed by atoms with Crippen molar-refractivity contribution in [1.82, 2.24) is 9.88 Å². The molecule has 0 saturated carbocycles. The first-order valence-electron chi connectivity index (χ1n) is 4.21. The lowest BCUT2D eigenvalue weighted by atomic mass is 10.3. The molecule has 0 fully saturated rings. The molecule has 0 aliphatic rings. The van der Waals surface area contributed by atoms with Crippen molar-refractivity contribution < 1.29 is 0 Å². The molecule has 1 heterocycles. The number of nitrogens with zero attached hydrogens (tertiary/aromatic N) is 2. The molecule has 1 rings (SSSR count). The van der Waals surface area contributed by atoms with Gasteiger partial charge in [0.15, 0.2) is 0 Å². The standard InChI is InChI=1S/C9H14ClN3/c1-13(5-4-11)7-9-3-2-8(10)6-12-9/h2-3,6H,4-5,7,11H2,1H3. The van der Waals surface area contributed by atoms with Crippen LogP contribution in [0.5, 0.6) is 0 Å². The second-order valence-electron chi connectivity index (χ2n) is 2.99. The summed E-state index contributed by atoms with van der Waals surface area (Å²) in [6.07, 6.45) is 1.66. The van der Waals surface area contributed by atoms with Crippen LogP contribution in [0.3, 0.4) is 0 Å². The Balaban J connectivity index is 2.49. The van der Waals surface area contributed by atoms with Crippen molar-refractivity contribution >= 4 is 11.6 Å². The van der Waals surface area contributed by atoms with E-state index in [1.165, 1.54) is 0 Å². The van der Waals surface area contributed by atoms with E-state index in [1.807, 2.05) is 19.2 Å². The molecule has 3 nitrogen and oxygen atoms in total. The van der Waals surface area contributed by atoms with Crippen LogP contribution < -0.4 is 5.73 Å². The molecule has 2 N–H and O–H groups in total. The van der Waals surface area contributed by atoms with E-state index in [4.69, 9.17) is 17.3 Å². The van der Waals surface area contributed by atoms with Gasteiger partial charge in [-0.05, 0) is 19.2 Å². The number of likely N-dealkylation sites (N-methyl/N-ethyl adjacent to an activating group) is 1. The number of halogens is 1. The van der Waals surface area contributed by atoms with Crippen LogP contribution in [0, 0.1) is 0 Å². The van der Waals surface area contributed by atoms with Gasteiger partial charge in [0.2, 0.25) is 0 Å². The first kappa shape index (κ1) is 10.4. The van der Waals surface area contributed by atoms with Crippen molar-refractivity contribution in [2.45, 2.75) is 6.54 Å². The molecule has 0 atom stereocenters. The summed E-state index contributed by atoms with van der Waals surface area (Å²) in [6.45, 7) is 2.36. The number of aromatic nitrogens is 1. The van der Waals surface area contributed by atoms with Crippen LogP contribution in [-0.2, 0) is 6.54 Å². The van der Waals surface area contributed by atoms with Gasteiger partial charge in [-0.1, -0.05) is 11.6 Å². The smallest absolute Gasteiger partial charge is 0.0589 e. The van der Waals surface area contributed by atoms with Crippen molar-refractivity contribution in [3.05, 3.63) is 29.0 Å². The molecule has 0 amide bonds. The minimum absolute atomic E-state index is 0.671. The van der Waals surface area contributed by atoms with Crippen molar-refractivity contribution in [2.75, 3.05) is 20.1 Å². The van der Waals surface area contributed by atoms with E-state index in [1.54, 1.807) is 6.20 Å². The second kappa shape index (κ2) is 5.17. The average molecular weight is 200 g/mol. The zero-order valence-electron chi connectivity index (χ0n) is 7.70. The number of hydrogen-bond acceptors (Lipinski definition) is 3. The SMILES string of the molecule is CN(CCN)Cc1ccc(Cl)cn1. The molecule has 0 saturated heterocycles. The summed E-state index contributed by atoms with van der Waals surface area (Å²) in [7, 11) is 2.02. The summed E-state index contributed by atoms with van der Waals surface area (Å²) in [4.78, 5) is 6.31. The summed E-state index contributed by atoms with van der Waals surface area (Å²) in [5.74, 6) is 0. The van der Waals surface area contributed by atoms with Crippen molar-refractivity contribution in [3.8, 4) is 0 Å². The lowest BCUT2D eigenvalue weighted by Gasteiger charge is -2.14. The maximum absolute atomic E-state index is 5.71. The molecule has 0 aliphatic carbocycles. The van der Waals surface area contributed by atoms with Crippen molar-refractivity contribution in [2.24, 2.45) is 5.73 Å². The van der Waals surface area contributed by atoms with Gasteiger partial charge in [0.05, 0.1) is 10.7 Å². The van der Waals surface area contributed by atoms with Crippen LogP contribution in [0.4, 0.5) is 0 Å². The molecule has 0 unspecified atom stereocenters. The summed E-state index contributed by atoms with van der Waals surface area (Å²) in [6, 6.07) is 3.77. The molecule has 72 valence electrons. The molecular formula is C9H14ClN3. The van der Waals surface area contributed by atoms with Crippen LogP contribution >= 0.6 is 11.6 Å². The maximum Gasteiger partial charge on any atom is 0.0589 e. The highest BCUT2D eigenvalue weighted by Crippen LogP contribution is 2.07. The fourth-order valence-electron chi connectivity index (χ4n) is 1.08. The largest absolute Gasteiger partial charge is 0.329 e. The monoisotopic (exact) mass is 199 g/mol. The summed E-state index contributed by atoms with van der Waals surface area (Å²) in [5.41, 5.74) is 6.44. The van der Waals surface area contributed by atoms with Gasteiger partial charge in [0.1, 0.15) is 0 Å². The van der Waals surface area contributed by atoms with Crippen LogP contribution in [0.15, 0.2) is 18.3 Å². The van der Waals surface area contributed by atoms with Crippen LogP contribution in [0.2, 0.25) is 5.02 Å². The zero-order chi connectivity index (χ0) is 9.68. The number of hydrogen-bond donors (Lipinski definition) is 1. The molecule has 0 aromatic carbocycles. The molecule has 0 spiro atoms. The Hall–Kier alpha value is -0.640. The Bertz CT molecular complexity index is 248. The van der Waals surface area contributed by atoms with Gasteiger partial charge in [-0.15, -0.1) is 0 Å². The van der Waals surface area contributed by atoms with Gasteiger partial charge in [0.25, 0.3) is 0 Å². The molecule has 13 heavy (non-hydrogen) atoms. The lowest BCUT2D eigenvalue weighted by molar-refractivity contribution is 0.332. The highest BCUT2D eigenvalue weighted by Gasteiger charge is 1.99. The Morgan fingerprint density at radius 2 is 2.31 bits per heavy atom. The molecule has 0 bridgehead atoms. The third kappa shape index (κ3) is 3.72. The van der Waals surface area contributed by atoms with Gasteiger partial charge >= 0.3 is 0 Å². The number of nitrogens with two attached hydrogens (primary N) is 1. The maximum atomic E-state index is 5.71. The number of pyridine rings is 1. The fraction of sp³-hybridized carbons (Fsp3) is 0.444. The minimum atomic E-state index is 0.671. The molecule has 4 heteroatoms. The van der Waals surface area contributed by atoms with Gasteiger partial charge in [0, 0.05) is 25.8 Å². The van der Waals surface area contributed by atoms with Crippen LogP contribution in [0.1, 0.15) is 5.69 Å². The van der Waals surface area contributed by atoms with Gasteiger partial charge < -0.3 is 5.73 Å². The Morgan fingerprint density at radius 1 is 1.54 bits per heavy atom. The Kier molecular flexibility index (Phi) is 4.15. The molecule has 0 radical (unpaired) electrons. The topological polar surface area (TPSA) is 42.1 Å². The molecule has 1 aromatic rings. The molecule has 1 aromatic heterocycles. The van der Waals surface area contributed by atoms with Gasteiger partial charge in [-0.3, -0.25) is 9.88 Å². The predicted octanol–water partition coefficient (Wildman–Crippen LogP) is 1.13.